The molecule has 0 spiro atoms. The highest BCUT2D eigenvalue weighted by molar-refractivity contribution is 7.63. The molecule has 0 aromatic rings. The van der Waals surface area contributed by atoms with Crippen LogP contribution < -0.4 is 0 Å². The van der Waals surface area contributed by atoms with E-state index >= 15 is 0 Å². The van der Waals surface area contributed by atoms with E-state index in [2.05, 4.69) is 13.1 Å². The molecule has 7 nitrogen and oxygen atoms in total. The highest BCUT2D eigenvalue weighted by Crippen LogP contribution is 2.61. The molecule has 18 heavy (non-hydrogen) atoms. The maximum absolute atomic E-state index is 11.4. The number of phosphoric acid groups is 2. The van der Waals surface area contributed by atoms with Crippen LogP contribution in [0.5, 0.6) is 0 Å². The van der Waals surface area contributed by atoms with Crippen molar-refractivity contribution in [1.29, 1.82) is 0 Å². The van der Waals surface area contributed by atoms with Gasteiger partial charge in [0.15, 0.2) is 0 Å². The molecule has 0 radical (unpaired) electrons. The van der Waals surface area contributed by atoms with Crippen LogP contribution in [0.3, 0.4) is 0 Å². The summed E-state index contributed by atoms with van der Waals surface area (Å²) in [4.78, 5) is 18.1. The lowest BCUT2D eigenvalue weighted by Crippen LogP contribution is -2.08. The van der Waals surface area contributed by atoms with E-state index < -0.39 is 15.6 Å². The van der Waals surface area contributed by atoms with Gasteiger partial charge in [0, 0.05) is 9.47 Å². The van der Waals surface area contributed by atoms with Crippen molar-refractivity contribution in [3.63, 3.8) is 0 Å². The SMILES string of the molecule is CCCCC(CC)COP(=O)(O)OP(=O)(O)OP. The molecule has 10 heteroatoms. The summed E-state index contributed by atoms with van der Waals surface area (Å²) in [6.45, 7) is 3.99. The zero-order chi connectivity index (χ0) is 14.2. The molecule has 0 saturated heterocycles. The fourth-order valence-electron chi connectivity index (χ4n) is 1.27. The standard InChI is InChI=1S/C8H21O7P3/c1-3-5-6-8(4-2)7-13-17(9,10)15-18(11,12)14-16/h8H,3-7,16H2,1-2H3,(H,9,10)(H,11,12). The average molecular weight is 322 g/mol. The molecule has 0 aliphatic rings. The zero-order valence-corrected chi connectivity index (χ0v) is 13.5. The van der Waals surface area contributed by atoms with Gasteiger partial charge >= 0.3 is 15.6 Å². The van der Waals surface area contributed by atoms with Crippen molar-refractivity contribution in [2.45, 2.75) is 39.5 Å². The summed E-state index contributed by atoms with van der Waals surface area (Å²) in [5.41, 5.74) is 0. The van der Waals surface area contributed by atoms with Gasteiger partial charge in [0.2, 0.25) is 0 Å². The van der Waals surface area contributed by atoms with Gasteiger partial charge in [0.05, 0.1) is 6.61 Å². The number of hydrogen-bond acceptors (Lipinski definition) is 5. The third kappa shape index (κ3) is 8.73. The smallest absolute Gasteiger partial charge is 0.302 e. The maximum Gasteiger partial charge on any atom is 0.483 e. The highest BCUT2D eigenvalue weighted by Gasteiger charge is 2.34. The first kappa shape index (κ1) is 18.7. The summed E-state index contributed by atoms with van der Waals surface area (Å²) in [5.74, 6) is 0.115. The van der Waals surface area contributed by atoms with Crippen LogP contribution in [0.15, 0.2) is 0 Å². The lowest BCUT2D eigenvalue weighted by Gasteiger charge is -2.18. The van der Waals surface area contributed by atoms with Gasteiger partial charge in [-0.3, -0.25) is 8.83 Å². The molecule has 4 unspecified atom stereocenters. The molecule has 0 aliphatic heterocycles. The molecule has 0 bridgehead atoms. The van der Waals surface area contributed by atoms with Crippen LogP contribution in [0.25, 0.3) is 0 Å². The Bertz CT molecular complexity index is 322. The van der Waals surface area contributed by atoms with Crippen molar-refractivity contribution >= 4 is 25.1 Å². The Morgan fingerprint density at radius 2 is 1.83 bits per heavy atom. The molecule has 0 rings (SSSR count). The first-order valence-corrected chi connectivity index (χ1v) is 9.12. The molecule has 110 valence electrons. The van der Waals surface area contributed by atoms with Gasteiger partial charge < -0.3 is 9.79 Å². The van der Waals surface area contributed by atoms with E-state index in [9.17, 15) is 14.0 Å². The van der Waals surface area contributed by atoms with Gasteiger partial charge in [0.25, 0.3) is 0 Å². The fourth-order valence-corrected chi connectivity index (χ4v) is 3.40. The molecule has 0 saturated carbocycles. The molecule has 0 heterocycles. The van der Waals surface area contributed by atoms with Crippen molar-refractivity contribution in [3.8, 4) is 0 Å². The summed E-state index contributed by atoms with van der Waals surface area (Å²) in [5, 5.41) is 0. The normalized spacial score (nSPS) is 20.1. The topological polar surface area (TPSA) is 102 Å². The molecule has 2 N–H and O–H groups in total. The molecular formula is C8H21O7P3. The minimum absolute atomic E-state index is 0.00113. The van der Waals surface area contributed by atoms with Crippen LogP contribution in [-0.2, 0) is 22.3 Å². The Morgan fingerprint density at radius 3 is 2.28 bits per heavy atom. The van der Waals surface area contributed by atoms with Gasteiger partial charge in [-0.25, -0.2) is 9.13 Å². The Balaban J connectivity index is 4.24. The molecule has 0 aromatic carbocycles. The van der Waals surface area contributed by atoms with Crippen LogP contribution in [0.1, 0.15) is 39.5 Å². The minimum atomic E-state index is -4.58. The predicted octanol–water partition coefficient (Wildman–Crippen LogP) is 3.24. The van der Waals surface area contributed by atoms with Crippen molar-refractivity contribution < 1.29 is 32.1 Å². The summed E-state index contributed by atoms with van der Waals surface area (Å²) < 4.78 is 35.0. The summed E-state index contributed by atoms with van der Waals surface area (Å²) in [6, 6.07) is 0. The lowest BCUT2D eigenvalue weighted by molar-refractivity contribution is 0.154. The molecule has 4 atom stereocenters. The van der Waals surface area contributed by atoms with Gasteiger partial charge in [-0.1, -0.05) is 33.1 Å². The number of phosphoric ester groups is 1. The second-order valence-corrected chi connectivity index (χ2v) is 7.47. The van der Waals surface area contributed by atoms with Gasteiger partial charge in [-0.05, 0) is 12.3 Å². The number of unbranched alkanes of at least 4 members (excludes halogenated alkanes) is 1. The summed E-state index contributed by atoms with van der Waals surface area (Å²) >= 11 is 0. The van der Waals surface area contributed by atoms with Crippen LogP contribution in [-0.4, -0.2) is 16.4 Å². The second-order valence-electron chi connectivity index (χ2n) is 3.84. The third-order valence-corrected chi connectivity index (χ3v) is 5.55. The van der Waals surface area contributed by atoms with E-state index in [-0.39, 0.29) is 12.5 Å². The van der Waals surface area contributed by atoms with E-state index in [1.165, 1.54) is 9.47 Å². The Morgan fingerprint density at radius 1 is 1.22 bits per heavy atom. The molecule has 0 aliphatic carbocycles. The lowest BCUT2D eigenvalue weighted by atomic mass is 10.0. The summed E-state index contributed by atoms with van der Waals surface area (Å²) in [6.07, 6.45) is 3.67. The van der Waals surface area contributed by atoms with Crippen molar-refractivity contribution in [2.75, 3.05) is 6.61 Å². The Labute approximate surface area is 110 Å². The quantitative estimate of drug-likeness (QED) is 0.595. The van der Waals surface area contributed by atoms with E-state index in [0.717, 1.165) is 25.7 Å². The predicted molar refractivity (Wildman–Crippen MR) is 70.8 cm³/mol. The summed E-state index contributed by atoms with van der Waals surface area (Å²) in [7, 11) is -7.65. The first-order chi connectivity index (χ1) is 8.26. The van der Waals surface area contributed by atoms with Gasteiger partial charge in [-0.2, -0.15) is 4.31 Å². The van der Waals surface area contributed by atoms with E-state index in [4.69, 9.17) is 4.89 Å². The van der Waals surface area contributed by atoms with E-state index in [0.29, 0.717) is 0 Å². The van der Waals surface area contributed by atoms with E-state index in [1.54, 1.807) is 0 Å². The minimum Gasteiger partial charge on any atom is -0.302 e. The van der Waals surface area contributed by atoms with Crippen LogP contribution in [0, 0.1) is 5.92 Å². The number of hydrogen-bond donors (Lipinski definition) is 2. The number of rotatable bonds is 10. The second kappa shape index (κ2) is 8.78. The third-order valence-electron chi connectivity index (χ3n) is 2.36. The zero-order valence-electron chi connectivity index (χ0n) is 10.5. The molecule has 0 amide bonds. The molecule has 0 aromatic heterocycles. The van der Waals surface area contributed by atoms with Crippen molar-refractivity contribution in [1.82, 2.24) is 0 Å². The van der Waals surface area contributed by atoms with Gasteiger partial charge in [-0.15, -0.1) is 0 Å². The van der Waals surface area contributed by atoms with Crippen LogP contribution in [0.4, 0.5) is 0 Å². The Hall–Kier alpha value is 0.690. The largest absolute Gasteiger partial charge is 0.483 e. The van der Waals surface area contributed by atoms with Crippen molar-refractivity contribution in [2.24, 2.45) is 5.92 Å². The maximum atomic E-state index is 11.4. The van der Waals surface area contributed by atoms with Gasteiger partial charge in [0.1, 0.15) is 0 Å². The van der Waals surface area contributed by atoms with Crippen molar-refractivity contribution in [3.05, 3.63) is 0 Å². The van der Waals surface area contributed by atoms with Crippen LogP contribution >= 0.6 is 25.1 Å². The fraction of sp³-hybridized carbons (Fsp3) is 1.00. The van der Waals surface area contributed by atoms with Crippen LogP contribution in [0.2, 0.25) is 0 Å². The highest BCUT2D eigenvalue weighted by atomic mass is 31.3. The monoisotopic (exact) mass is 322 g/mol. The molecular weight excluding hydrogens is 301 g/mol. The average Bonchev–Trinajstić information content (AvgIpc) is 2.28. The Kier molecular flexibility index (Phi) is 9.12. The molecule has 0 fully saturated rings. The first-order valence-electron chi connectivity index (χ1n) is 5.66. The van der Waals surface area contributed by atoms with E-state index in [1.807, 2.05) is 13.8 Å².